The summed E-state index contributed by atoms with van der Waals surface area (Å²) in [5.74, 6) is 0.148. The fraction of sp³-hybridized carbons (Fsp3) is 0.118. The average Bonchev–Trinajstić information content (AvgIpc) is 2.55. The number of hydrogen-bond donors (Lipinski definition) is 4. The molecule has 1 aliphatic heterocycles. The van der Waals surface area contributed by atoms with E-state index in [0.717, 1.165) is 5.69 Å². The molecule has 24 heavy (non-hydrogen) atoms. The van der Waals surface area contributed by atoms with E-state index in [0.29, 0.717) is 27.8 Å². The third kappa shape index (κ3) is 3.15. The highest BCUT2D eigenvalue weighted by molar-refractivity contribution is 6.32. The van der Waals surface area contributed by atoms with Crippen LogP contribution in [-0.4, -0.2) is 13.3 Å². The van der Waals surface area contributed by atoms with Crippen LogP contribution in [0.2, 0.25) is 5.02 Å². The summed E-state index contributed by atoms with van der Waals surface area (Å²) >= 11 is 6.15. The second-order valence-corrected chi connectivity index (χ2v) is 5.72. The lowest BCUT2D eigenvalue weighted by atomic mass is 10.1. The predicted octanol–water partition coefficient (Wildman–Crippen LogP) is 2.63. The summed E-state index contributed by atoms with van der Waals surface area (Å²) in [6.45, 7) is 0. The van der Waals surface area contributed by atoms with E-state index in [9.17, 15) is 0 Å². The molecule has 2 aromatic rings. The molecule has 1 heterocycles. The lowest BCUT2D eigenvalue weighted by Gasteiger charge is -2.32. The first-order valence-corrected chi connectivity index (χ1v) is 7.68. The molecule has 2 aromatic carbocycles. The molecule has 0 radical (unpaired) electrons. The number of halogens is 1. The number of nitrogen functional groups attached to an aromatic ring is 1. The lowest BCUT2D eigenvalue weighted by Crippen LogP contribution is -2.51. The molecule has 0 aromatic heterocycles. The summed E-state index contributed by atoms with van der Waals surface area (Å²) in [4.78, 5) is 4.33. The molecule has 0 amide bonds. The molecule has 7 heteroatoms. The molecule has 124 valence electrons. The first kappa shape index (κ1) is 16.2. The molecule has 0 saturated heterocycles. The summed E-state index contributed by atoms with van der Waals surface area (Å²) in [5, 5.41) is 6.89. The van der Waals surface area contributed by atoms with E-state index in [2.05, 4.69) is 15.6 Å². The van der Waals surface area contributed by atoms with Crippen molar-refractivity contribution in [3.63, 3.8) is 0 Å². The Balaban J connectivity index is 1.82. The molecule has 0 spiro atoms. The van der Waals surface area contributed by atoms with Gasteiger partial charge in [0.25, 0.3) is 0 Å². The third-order valence-corrected chi connectivity index (χ3v) is 3.94. The van der Waals surface area contributed by atoms with Crippen molar-refractivity contribution in [2.45, 2.75) is 5.79 Å². The Bertz CT molecular complexity index is 820. The second kappa shape index (κ2) is 6.43. The van der Waals surface area contributed by atoms with Crippen LogP contribution in [0.25, 0.3) is 0 Å². The van der Waals surface area contributed by atoms with Crippen LogP contribution in [0.1, 0.15) is 5.56 Å². The largest absolute Gasteiger partial charge is 0.495 e. The van der Waals surface area contributed by atoms with Gasteiger partial charge in [0.1, 0.15) is 11.6 Å². The summed E-state index contributed by atoms with van der Waals surface area (Å²) in [7, 11) is 1.57. The number of nitrogens with zero attached hydrogens (tertiary/aromatic N) is 1. The van der Waals surface area contributed by atoms with Gasteiger partial charge >= 0.3 is 0 Å². The molecule has 0 fully saturated rings. The second-order valence-electron chi connectivity index (χ2n) is 5.31. The molecular formula is C17H18ClN5O. The van der Waals surface area contributed by atoms with Gasteiger partial charge in [0.05, 0.1) is 12.1 Å². The average molecular weight is 344 g/mol. The summed E-state index contributed by atoms with van der Waals surface area (Å²) < 4.78 is 5.15. The quantitative estimate of drug-likeness (QED) is 0.640. The third-order valence-electron chi connectivity index (χ3n) is 3.65. The van der Waals surface area contributed by atoms with Gasteiger partial charge in [-0.1, -0.05) is 29.8 Å². The molecule has 6 N–H and O–H groups in total. The minimum absolute atomic E-state index is 0.513. The van der Waals surface area contributed by atoms with Crippen LogP contribution >= 0.6 is 11.6 Å². The van der Waals surface area contributed by atoms with E-state index < -0.39 is 5.79 Å². The van der Waals surface area contributed by atoms with E-state index in [4.69, 9.17) is 27.8 Å². The zero-order valence-electron chi connectivity index (χ0n) is 13.1. The van der Waals surface area contributed by atoms with E-state index in [1.807, 2.05) is 24.3 Å². The minimum Gasteiger partial charge on any atom is -0.495 e. The van der Waals surface area contributed by atoms with E-state index in [1.54, 1.807) is 37.6 Å². The minimum atomic E-state index is -1.14. The van der Waals surface area contributed by atoms with Crippen molar-refractivity contribution < 1.29 is 4.74 Å². The van der Waals surface area contributed by atoms with E-state index in [1.165, 1.54) is 0 Å². The van der Waals surface area contributed by atoms with Crippen molar-refractivity contribution in [1.29, 1.82) is 0 Å². The molecular weight excluding hydrogens is 326 g/mol. The molecule has 1 unspecified atom stereocenters. The maximum absolute atomic E-state index is 6.38. The molecule has 0 saturated carbocycles. The zero-order valence-corrected chi connectivity index (χ0v) is 13.8. The molecule has 3 rings (SSSR count). The van der Waals surface area contributed by atoms with Gasteiger partial charge < -0.3 is 21.1 Å². The normalized spacial score (nSPS) is 19.4. The predicted molar refractivity (Wildman–Crippen MR) is 98.1 cm³/mol. The molecule has 1 atom stereocenters. The molecule has 1 aliphatic rings. The fourth-order valence-corrected chi connectivity index (χ4v) is 2.72. The Morgan fingerprint density at radius 2 is 2.04 bits per heavy atom. The van der Waals surface area contributed by atoms with Gasteiger partial charge in [-0.2, -0.15) is 0 Å². The topological polar surface area (TPSA) is 97.7 Å². The van der Waals surface area contributed by atoms with Crippen LogP contribution in [0, 0.1) is 0 Å². The standard InChI is InChI=1S/C17H18ClN5O/c1-24-15-7-6-11(10-13(15)18)22-16-8-9-21-17(20,23-16)12-4-2-3-5-14(12)19/h2-10,22-23H,19-20H2,1H3. The first-order chi connectivity index (χ1) is 11.5. The van der Waals surface area contributed by atoms with Crippen molar-refractivity contribution in [2.75, 3.05) is 18.2 Å². The lowest BCUT2D eigenvalue weighted by molar-refractivity contribution is 0.400. The number of nitrogens with one attached hydrogen (secondary N) is 2. The number of methoxy groups -OCH3 is 1. The smallest absolute Gasteiger partial charge is 0.212 e. The summed E-state index contributed by atoms with van der Waals surface area (Å²) in [6.07, 6.45) is 3.42. The Morgan fingerprint density at radius 3 is 2.75 bits per heavy atom. The highest BCUT2D eigenvalue weighted by Crippen LogP contribution is 2.29. The Kier molecular flexibility index (Phi) is 4.33. The van der Waals surface area contributed by atoms with E-state index >= 15 is 0 Å². The van der Waals surface area contributed by atoms with Crippen molar-refractivity contribution in [2.24, 2.45) is 10.7 Å². The van der Waals surface area contributed by atoms with Gasteiger partial charge in [-0.05, 0) is 30.3 Å². The SMILES string of the molecule is COc1ccc(NC2=CC=NC(N)(c3ccccc3N)N2)cc1Cl. The fourth-order valence-electron chi connectivity index (χ4n) is 2.46. The molecule has 0 bridgehead atoms. The number of nitrogens with two attached hydrogens (primary N) is 2. The Labute approximate surface area is 145 Å². The van der Waals surface area contributed by atoms with Crippen molar-refractivity contribution in [1.82, 2.24) is 5.32 Å². The van der Waals surface area contributed by atoms with Crippen molar-refractivity contribution in [3.05, 3.63) is 64.9 Å². The number of rotatable bonds is 4. The van der Waals surface area contributed by atoms with Gasteiger partial charge in [-0.15, -0.1) is 0 Å². The van der Waals surface area contributed by atoms with Crippen LogP contribution < -0.4 is 26.8 Å². The van der Waals surface area contributed by atoms with Crippen molar-refractivity contribution >= 4 is 29.2 Å². The summed E-state index contributed by atoms with van der Waals surface area (Å²) in [6, 6.07) is 12.8. The highest BCUT2D eigenvalue weighted by Gasteiger charge is 2.30. The van der Waals surface area contributed by atoms with Gasteiger partial charge in [0, 0.05) is 23.2 Å². The molecule has 6 nitrogen and oxygen atoms in total. The number of aliphatic imine (C=N–C) groups is 1. The monoisotopic (exact) mass is 343 g/mol. The van der Waals surface area contributed by atoms with Crippen LogP contribution in [0.3, 0.4) is 0 Å². The van der Waals surface area contributed by atoms with Crippen molar-refractivity contribution in [3.8, 4) is 5.75 Å². The summed E-state index contributed by atoms with van der Waals surface area (Å²) in [5.41, 5.74) is 14.5. The Hall–Kier alpha value is -2.70. The number of allylic oxidation sites excluding steroid dienone is 1. The maximum atomic E-state index is 6.38. The number of para-hydroxylation sites is 1. The first-order valence-electron chi connectivity index (χ1n) is 7.30. The number of anilines is 2. The van der Waals surface area contributed by atoms with Crippen LogP contribution in [0.5, 0.6) is 5.75 Å². The van der Waals surface area contributed by atoms with Gasteiger partial charge in [-0.25, -0.2) is 4.99 Å². The zero-order chi connectivity index (χ0) is 17.2. The maximum Gasteiger partial charge on any atom is 0.212 e. The van der Waals surface area contributed by atoms with E-state index in [-0.39, 0.29) is 0 Å². The van der Waals surface area contributed by atoms with Gasteiger partial charge in [-0.3, -0.25) is 5.73 Å². The number of ether oxygens (including phenoxy) is 1. The number of hydrogen-bond acceptors (Lipinski definition) is 6. The van der Waals surface area contributed by atoms with Crippen LogP contribution in [0.15, 0.2) is 59.4 Å². The van der Waals surface area contributed by atoms with Gasteiger partial charge in [0.15, 0.2) is 0 Å². The van der Waals surface area contributed by atoms with Crippen LogP contribution in [-0.2, 0) is 5.79 Å². The number of benzene rings is 2. The van der Waals surface area contributed by atoms with Crippen LogP contribution in [0.4, 0.5) is 11.4 Å². The van der Waals surface area contributed by atoms with Gasteiger partial charge in [0.2, 0.25) is 5.79 Å². The molecule has 0 aliphatic carbocycles. The Morgan fingerprint density at radius 1 is 1.25 bits per heavy atom. The highest BCUT2D eigenvalue weighted by atomic mass is 35.5.